The Bertz CT molecular complexity index is 832. The lowest BCUT2D eigenvalue weighted by Crippen LogP contribution is -2.14. The zero-order valence-electron chi connectivity index (χ0n) is 12.8. The van der Waals surface area contributed by atoms with Crippen LogP contribution in [-0.2, 0) is 0 Å². The van der Waals surface area contributed by atoms with E-state index in [4.69, 9.17) is 0 Å². The molecule has 5 heteroatoms. The van der Waals surface area contributed by atoms with Crippen LogP contribution in [0.1, 0.15) is 20.7 Å². The van der Waals surface area contributed by atoms with Crippen LogP contribution in [0, 0.1) is 0 Å². The lowest BCUT2D eigenvalue weighted by Gasteiger charge is -2.07. The second-order valence-corrected chi connectivity index (χ2v) is 5.07. The molecule has 24 heavy (non-hydrogen) atoms. The number of nitrogens with one attached hydrogen (secondary N) is 2. The molecule has 0 aliphatic rings. The molecule has 0 aliphatic heterocycles. The number of amides is 2. The minimum absolute atomic E-state index is 0.193. The highest BCUT2D eigenvalue weighted by molar-refractivity contribution is 6.06. The van der Waals surface area contributed by atoms with Gasteiger partial charge in [-0.1, -0.05) is 24.3 Å². The smallest absolute Gasteiger partial charge is 0.256 e. The van der Waals surface area contributed by atoms with E-state index in [-0.39, 0.29) is 11.8 Å². The standard InChI is InChI=1S/C19H15N3O2/c23-18(14-6-2-1-3-7-14)21-16-11-9-15(10-12-16)19(24)22-17-8-4-5-13-20-17/h1-13H,(H,21,23)(H,20,22,24). The Morgan fingerprint density at radius 3 is 1.96 bits per heavy atom. The van der Waals surface area contributed by atoms with Crippen LogP contribution in [0.25, 0.3) is 0 Å². The van der Waals surface area contributed by atoms with Crippen LogP contribution in [0.3, 0.4) is 0 Å². The topological polar surface area (TPSA) is 71.1 Å². The summed E-state index contributed by atoms with van der Waals surface area (Å²) in [6.45, 7) is 0. The van der Waals surface area contributed by atoms with Crippen molar-refractivity contribution in [2.45, 2.75) is 0 Å². The van der Waals surface area contributed by atoms with Crippen LogP contribution < -0.4 is 10.6 Å². The quantitative estimate of drug-likeness (QED) is 0.772. The minimum Gasteiger partial charge on any atom is -0.322 e. The van der Waals surface area contributed by atoms with Crippen molar-refractivity contribution in [3.8, 4) is 0 Å². The van der Waals surface area contributed by atoms with Crippen LogP contribution >= 0.6 is 0 Å². The summed E-state index contributed by atoms with van der Waals surface area (Å²) in [5, 5.41) is 5.50. The minimum atomic E-state index is -0.255. The van der Waals surface area contributed by atoms with Gasteiger partial charge in [0, 0.05) is 23.0 Å². The van der Waals surface area contributed by atoms with Gasteiger partial charge in [-0.2, -0.15) is 0 Å². The Morgan fingerprint density at radius 2 is 1.29 bits per heavy atom. The van der Waals surface area contributed by atoms with E-state index in [0.717, 1.165) is 0 Å². The fourth-order valence-corrected chi connectivity index (χ4v) is 2.12. The van der Waals surface area contributed by atoms with Gasteiger partial charge in [-0.15, -0.1) is 0 Å². The molecule has 0 radical (unpaired) electrons. The molecular formula is C19H15N3O2. The molecule has 3 rings (SSSR count). The van der Waals surface area contributed by atoms with Gasteiger partial charge in [0.2, 0.25) is 0 Å². The highest BCUT2D eigenvalue weighted by atomic mass is 16.2. The molecule has 0 saturated heterocycles. The molecule has 118 valence electrons. The summed E-state index contributed by atoms with van der Waals surface area (Å²) < 4.78 is 0. The van der Waals surface area contributed by atoms with Gasteiger partial charge in [0.15, 0.2) is 0 Å². The fourth-order valence-electron chi connectivity index (χ4n) is 2.12. The van der Waals surface area contributed by atoms with Gasteiger partial charge in [-0.25, -0.2) is 4.98 Å². The average molecular weight is 317 g/mol. The Labute approximate surface area is 139 Å². The van der Waals surface area contributed by atoms with Crippen molar-refractivity contribution >= 4 is 23.3 Å². The van der Waals surface area contributed by atoms with E-state index < -0.39 is 0 Å². The predicted octanol–water partition coefficient (Wildman–Crippen LogP) is 3.59. The molecule has 0 spiro atoms. The van der Waals surface area contributed by atoms with Gasteiger partial charge in [-0.05, 0) is 48.5 Å². The van der Waals surface area contributed by atoms with Gasteiger partial charge >= 0.3 is 0 Å². The number of anilines is 2. The number of hydrogen-bond donors (Lipinski definition) is 2. The van der Waals surface area contributed by atoms with E-state index in [1.54, 1.807) is 72.9 Å². The van der Waals surface area contributed by atoms with Gasteiger partial charge < -0.3 is 10.6 Å². The molecule has 2 aromatic carbocycles. The summed E-state index contributed by atoms with van der Waals surface area (Å²) in [6, 6.07) is 20.9. The molecule has 0 fully saturated rings. The summed E-state index contributed by atoms with van der Waals surface area (Å²) in [5.74, 6) is 0.0416. The second-order valence-electron chi connectivity index (χ2n) is 5.07. The Balaban J connectivity index is 1.65. The molecule has 3 aromatic rings. The number of benzene rings is 2. The highest BCUT2D eigenvalue weighted by Crippen LogP contribution is 2.13. The Morgan fingerprint density at radius 1 is 0.667 bits per heavy atom. The maximum absolute atomic E-state index is 12.1. The number of carbonyl (C=O) groups is 2. The van der Waals surface area contributed by atoms with Crippen LogP contribution in [0.2, 0.25) is 0 Å². The number of hydrogen-bond acceptors (Lipinski definition) is 3. The molecule has 0 saturated carbocycles. The normalized spacial score (nSPS) is 10.0. The monoisotopic (exact) mass is 317 g/mol. The van der Waals surface area contributed by atoms with Crippen molar-refractivity contribution in [3.05, 3.63) is 90.1 Å². The summed E-state index contributed by atoms with van der Waals surface area (Å²) in [7, 11) is 0. The van der Waals surface area contributed by atoms with Crippen molar-refractivity contribution in [2.24, 2.45) is 0 Å². The number of aromatic nitrogens is 1. The highest BCUT2D eigenvalue weighted by Gasteiger charge is 2.08. The first kappa shape index (κ1) is 15.4. The number of nitrogens with zero attached hydrogens (tertiary/aromatic N) is 1. The summed E-state index contributed by atoms with van der Waals surface area (Å²) in [5.41, 5.74) is 1.69. The van der Waals surface area contributed by atoms with E-state index in [1.165, 1.54) is 0 Å². The average Bonchev–Trinajstić information content (AvgIpc) is 2.64. The fraction of sp³-hybridized carbons (Fsp3) is 0. The molecule has 0 bridgehead atoms. The third-order valence-corrected chi connectivity index (χ3v) is 3.35. The number of rotatable bonds is 4. The van der Waals surface area contributed by atoms with E-state index in [9.17, 15) is 9.59 Å². The first-order valence-corrected chi connectivity index (χ1v) is 7.41. The lowest BCUT2D eigenvalue weighted by atomic mass is 10.1. The second kappa shape index (κ2) is 7.19. The largest absolute Gasteiger partial charge is 0.322 e. The Kier molecular flexibility index (Phi) is 4.62. The zero-order chi connectivity index (χ0) is 16.8. The summed E-state index contributed by atoms with van der Waals surface area (Å²) >= 11 is 0. The number of carbonyl (C=O) groups excluding carboxylic acids is 2. The van der Waals surface area contributed by atoms with Crippen molar-refractivity contribution in [1.29, 1.82) is 0 Å². The van der Waals surface area contributed by atoms with E-state index in [2.05, 4.69) is 15.6 Å². The van der Waals surface area contributed by atoms with Gasteiger partial charge in [-0.3, -0.25) is 9.59 Å². The lowest BCUT2D eigenvalue weighted by molar-refractivity contribution is 0.101. The van der Waals surface area contributed by atoms with Crippen LogP contribution in [-0.4, -0.2) is 16.8 Å². The molecule has 1 heterocycles. The van der Waals surface area contributed by atoms with E-state index in [1.807, 2.05) is 6.07 Å². The third kappa shape index (κ3) is 3.84. The summed E-state index contributed by atoms with van der Waals surface area (Å²) in [4.78, 5) is 28.3. The van der Waals surface area contributed by atoms with Crippen molar-refractivity contribution in [1.82, 2.24) is 4.98 Å². The number of pyridine rings is 1. The Hall–Kier alpha value is -3.47. The molecule has 2 N–H and O–H groups in total. The molecule has 2 amide bonds. The summed E-state index contributed by atoms with van der Waals surface area (Å²) in [6.07, 6.45) is 1.61. The molecule has 5 nitrogen and oxygen atoms in total. The molecular weight excluding hydrogens is 302 g/mol. The predicted molar refractivity (Wildman–Crippen MR) is 93.0 cm³/mol. The first-order valence-electron chi connectivity index (χ1n) is 7.41. The van der Waals surface area contributed by atoms with E-state index in [0.29, 0.717) is 22.6 Å². The zero-order valence-corrected chi connectivity index (χ0v) is 12.8. The molecule has 1 aromatic heterocycles. The first-order chi connectivity index (χ1) is 11.7. The maximum Gasteiger partial charge on any atom is 0.256 e. The van der Waals surface area contributed by atoms with Crippen LogP contribution in [0.5, 0.6) is 0 Å². The SMILES string of the molecule is O=C(Nc1ccc(C(=O)Nc2ccccn2)cc1)c1ccccc1. The van der Waals surface area contributed by atoms with Gasteiger partial charge in [0.05, 0.1) is 0 Å². The van der Waals surface area contributed by atoms with E-state index >= 15 is 0 Å². The molecule has 0 atom stereocenters. The van der Waals surface area contributed by atoms with Crippen molar-refractivity contribution in [3.63, 3.8) is 0 Å². The van der Waals surface area contributed by atoms with Gasteiger partial charge in [0.25, 0.3) is 11.8 Å². The van der Waals surface area contributed by atoms with Crippen LogP contribution in [0.15, 0.2) is 79.0 Å². The van der Waals surface area contributed by atoms with Crippen molar-refractivity contribution < 1.29 is 9.59 Å². The third-order valence-electron chi connectivity index (χ3n) is 3.35. The van der Waals surface area contributed by atoms with Crippen LogP contribution in [0.4, 0.5) is 11.5 Å². The molecule has 0 aliphatic carbocycles. The molecule has 0 unspecified atom stereocenters. The van der Waals surface area contributed by atoms with Gasteiger partial charge in [0.1, 0.15) is 5.82 Å². The maximum atomic E-state index is 12.1. The van der Waals surface area contributed by atoms with Crippen molar-refractivity contribution in [2.75, 3.05) is 10.6 Å².